The van der Waals surface area contributed by atoms with Crippen LogP contribution in [0.3, 0.4) is 0 Å². The molecule has 18 heavy (non-hydrogen) atoms. The van der Waals surface area contributed by atoms with Crippen molar-refractivity contribution < 1.29 is 9.53 Å². The number of nitrogens with two attached hydrogens (primary N) is 2. The van der Waals surface area contributed by atoms with Crippen molar-refractivity contribution in [1.29, 1.82) is 0 Å². The van der Waals surface area contributed by atoms with Gasteiger partial charge in [-0.1, -0.05) is 0 Å². The van der Waals surface area contributed by atoms with E-state index in [9.17, 15) is 4.79 Å². The van der Waals surface area contributed by atoms with Gasteiger partial charge in [-0.3, -0.25) is 4.79 Å². The highest BCUT2D eigenvalue weighted by Gasteiger charge is 2.30. The second-order valence-corrected chi connectivity index (χ2v) is 5.02. The lowest BCUT2D eigenvalue weighted by atomic mass is 9.94. The highest BCUT2D eigenvalue weighted by Crippen LogP contribution is 2.21. The molecule has 0 spiro atoms. The Morgan fingerprint density at radius 3 is 2.83 bits per heavy atom. The van der Waals surface area contributed by atoms with Crippen molar-refractivity contribution in [3.63, 3.8) is 0 Å². The van der Waals surface area contributed by atoms with Crippen LogP contribution >= 0.6 is 0 Å². The summed E-state index contributed by atoms with van der Waals surface area (Å²) in [6.45, 7) is 3.28. The average molecular weight is 249 g/mol. The van der Waals surface area contributed by atoms with E-state index >= 15 is 0 Å². The van der Waals surface area contributed by atoms with Crippen LogP contribution in [0.25, 0.3) is 0 Å². The van der Waals surface area contributed by atoms with Gasteiger partial charge >= 0.3 is 0 Å². The van der Waals surface area contributed by atoms with Crippen LogP contribution in [0.5, 0.6) is 0 Å². The number of nitrogen functional groups attached to an aromatic ring is 2. The molecule has 1 amide bonds. The average Bonchev–Trinajstić information content (AvgIpc) is 2.28. The molecule has 1 aromatic rings. The molecule has 1 aromatic carbocycles. The second kappa shape index (κ2) is 4.86. The molecule has 2 rings (SSSR count). The number of nitrogens with one attached hydrogen (secondary N) is 1. The lowest BCUT2D eigenvalue weighted by molar-refractivity contribution is 0.0273. The zero-order valence-electron chi connectivity index (χ0n) is 10.5. The number of anilines is 2. The fourth-order valence-corrected chi connectivity index (χ4v) is 2.16. The van der Waals surface area contributed by atoms with Crippen LogP contribution < -0.4 is 16.8 Å². The van der Waals surface area contributed by atoms with Crippen LogP contribution in [0, 0.1) is 0 Å². The van der Waals surface area contributed by atoms with Crippen molar-refractivity contribution in [2.75, 3.05) is 24.7 Å². The number of benzene rings is 1. The Morgan fingerprint density at radius 2 is 2.22 bits per heavy atom. The lowest BCUT2D eigenvalue weighted by Gasteiger charge is -2.34. The van der Waals surface area contributed by atoms with Crippen molar-refractivity contribution in [3.8, 4) is 0 Å². The van der Waals surface area contributed by atoms with Crippen LogP contribution in [0.4, 0.5) is 11.4 Å². The zero-order valence-corrected chi connectivity index (χ0v) is 10.5. The molecule has 98 valence electrons. The summed E-state index contributed by atoms with van der Waals surface area (Å²) in [4.78, 5) is 12.2. The Bertz CT molecular complexity index is 454. The Hall–Kier alpha value is -1.75. The van der Waals surface area contributed by atoms with E-state index in [2.05, 4.69) is 5.32 Å². The first kappa shape index (κ1) is 12.7. The number of hydrogen-bond acceptors (Lipinski definition) is 4. The number of ether oxygens (including phenoxy) is 1. The third-order valence-electron chi connectivity index (χ3n) is 3.17. The van der Waals surface area contributed by atoms with E-state index in [1.807, 2.05) is 6.92 Å². The Balaban J connectivity index is 2.11. The van der Waals surface area contributed by atoms with E-state index in [-0.39, 0.29) is 11.4 Å². The smallest absolute Gasteiger partial charge is 0.253 e. The molecule has 1 fully saturated rings. The molecular weight excluding hydrogens is 230 g/mol. The Labute approximate surface area is 106 Å². The molecule has 1 unspecified atom stereocenters. The summed E-state index contributed by atoms with van der Waals surface area (Å²) in [7, 11) is 0. The molecule has 0 radical (unpaired) electrons. The molecule has 1 atom stereocenters. The zero-order chi connectivity index (χ0) is 13.2. The van der Waals surface area contributed by atoms with Gasteiger partial charge in [0.15, 0.2) is 0 Å². The molecule has 5 heteroatoms. The summed E-state index contributed by atoms with van der Waals surface area (Å²) in [6, 6.07) is 4.91. The standard InChI is InChI=1S/C13H19N3O2/c1-13(5-2-6-18-8-13)16-12(17)10-4-3-9(14)7-11(10)15/h3-4,7H,2,5-6,8,14-15H2,1H3,(H,16,17). The van der Waals surface area contributed by atoms with E-state index in [0.29, 0.717) is 23.5 Å². The van der Waals surface area contributed by atoms with Gasteiger partial charge in [0.2, 0.25) is 0 Å². The van der Waals surface area contributed by atoms with E-state index < -0.39 is 0 Å². The normalized spacial score (nSPS) is 23.6. The molecule has 1 aliphatic rings. The van der Waals surface area contributed by atoms with Gasteiger partial charge in [0.05, 0.1) is 17.7 Å². The van der Waals surface area contributed by atoms with Gasteiger partial charge in [0, 0.05) is 18.0 Å². The van der Waals surface area contributed by atoms with E-state index in [0.717, 1.165) is 19.4 Å². The first-order chi connectivity index (χ1) is 8.50. The van der Waals surface area contributed by atoms with Crippen molar-refractivity contribution in [3.05, 3.63) is 23.8 Å². The molecule has 1 heterocycles. The van der Waals surface area contributed by atoms with Crippen molar-refractivity contribution in [2.45, 2.75) is 25.3 Å². The van der Waals surface area contributed by atoms with Crippen LogP contribution in [-0.2, 0) is 4.74 Å². The maximum Gasteiger partial charge on any atom is 0.253 e. The SMILES string of the molecule is CC1(NC(=O)c2ccc(N)cc2N)CCCOC1. The van der Waals surface area contributed by atoms with Crippen molar-refractivity contribution >= 4 is 17.3 Å². The predicted octanol–water partition coefficient (Wildman–Crippen LogP) is 1.15. The summed E-state index contributed by atoms with van der Waals surface area (Å²) >= 11 is 0. The van der Waals surface area contributed by atoms with Gasteiger partial charge in [-0.2, -0.15) is 0 Å². The van der Waals surface area contributed by atoms with Crippen molar-refractivity contribution in [1.82, 2.24) is 5.32 Å². The quantitative estimate of drug-likeness (QED) is 0.686. The maximum absolute atomic E-state index is 12.2. The van der Waals surface area contributed by atoms with Crippen LogP contribution in [0.15, 0.2) is 18.2 Å². The lowest BCUT2D eigenvalue weighted by Crippen LogP contribution is -2.51. The number of rotatable bonds is 2. The van der Waals surface area contributed by atoms with Crippen LogP contribution in [-0.4, -0.2) is 24.7 Å². The Morgan fingerprint density at radius 1 is 1.44 bits per heavy atom. The van der Waals surface area contributed by atoms with Gasteiger partial charge in [-0.05, 0) is 38.0 Å². The summed E-state index contributed by atoms with van der Waals surface area (Å²) in [5, 5.41) is 2.99. The molecule has 1 saturated heterocycles. The van der Waals surface area contributed by atoms with E-state index in [1.165, 1.54) is 0 Å². The molecule has 1 aliphatic heterocycles. The second-order valence-electron chi connectivity index (χ2n) is 5.02. The molecule has 0 aromatic heterocycles. The summed E-state index contributed by atoms with van der Waals surface area (Å²) < 4.78 is 5.41. The molecule has 0 bridgehead atoms. The summed E-state index contributed by atoms with van der Waals surface area (Å²) in [5.74, 6) is -0.180. The van der Waals surface area contributed by atoms with Gasteiger partial charge in [0.1, 0.15) is 0 Å². The minimum atomic E-state index is -0.316. The monoisotopic (exact) mass is 249 g/mol. The number of carbonyl (C=O) groups excluding carboxylic acids is 1. The fraction of sp³-hybridized carbons (Fsp3) is 0.462. The summed E-state index contributed by atoms with van der Waals surface area (Å²) in [5.41, 5.74) is 12.5. The minimum absolute atomic E-state index is 0.180. The largest absolute Gasteiger partial charge is 0.399 e. The highest BCUT2D eigenvalue weighted by molar-refractivity contribution is 6.00. The van der Waals surface area contributed by atoms with Crippen LogP contribution in [0.2, 0.25) is 0 Å². The van der Waals surface area contributed by atoms with Crippen LogP contribution in [0.1, 0.15) is 30.1 Å². The third kappa shape index (κ3) is 2.73. The molecule has 0 saturated carbocycles. The molecule has 0 aliphatic carbocycles. The van der Waals surface area contributed by atoms with Gasteiger partial charge in [0.25, 0.3) is 5.91 Å². The number of carbonyl (C=O) groups is 1. The topological polar surface area (TPSA) is 90.4 Å². The number of amides is 1. The molecule has 5 N–H and O–H groups in total. The van der Waals surface area contributed by atoms with Gasteiger partial charge in [-0.15, -0.1) is 0 Å². The molecular formula is C13H19N3O2. The third-order valence-corrected chi connectivity index (χ3v) is 3.17. The Kier molecular flexibility index (Phi) is 3.43. The highest BCUT2D eigenvalue weighted by atomic mass is 16.5. The number of hydrogen-bond donors (Lipinski definition) is 3. The predicted molar refractivity (Wildman–Crippen MR) is 71.2 cm³/mol. The van der Waals surface area contributed by atoms with Crippen molar-refractivity contribution in [2.24, 2.45) is 0 Å². The van der Waals surface area contributed by atoms with Gasteiger partial charge in [-0.25, -0.2) is 0 Å². The van der Waals surface area contributed by atoms with Gasteiger partial charge < -0.3 is 21.5 Å². The first-order valence-corrected chi connectivity index (χ1v) is 6.05. The first-order valence-electron chi connectivity index (χ1n) is 6.05. The molecule has 5 nitrogen and oxygen atoms in total. The summed E-state index contributed by atoms with van der Waals surface area (Å²) in [6.07, 6.45) is 1.86. The van der Waals surface area contributed by atoms with E-state index in [4.69, 9.17) is 16.2 Å². The minimum Gasteiger partial charge on any atom is -0.399 e. The van der Waals surface area contributed by atoms with E-state index in [1.54, 1.807) is 18.2 Å². The fourth-order valence-electron chi connectivity index (χ4n) is 2.16. The maximum atomic E-state index is 12.2.